The summed E-state index contributed by atoms with van der Waals surface area (Å²) in [6, 6.07) is 8.93. The predicted octanol–water partition coefficient (Wildman–Crippen LogP) is 2.97. The van der Waals surface area contributed by atoms with Crippen LogP contribution in [0, 0.1) is 13.8 Å². The van der Waals surface area contributed by atoms with Gasteiger partial charge in [0.1, 0.15) is 5.82 Å². The number of aryl methyl sites for hydroxylation is 2. The van der Waals surface area contributed by atoms with Gasteiger partial charge in [0.15, 0.2) is 0 Å². The van der Waals surface area contributed by atoms with E-state index in [1.54, 1.807) is 30.5 Å². The standard InChI is InChI=1S/C15H14ClN5O/c1-9-6-10(2)19-14(18-9)20-13-8-17-15(22)21(13)12-5-3-4-11(16)7-12/h3-8H,1-2H3,(H,17,22)(H,18,19,20). The first kappa shape index (κ1) is 14.3. The topological polar surface area (TPSA) is 75.6 Å². The van der Waals surface area contributed by atoms with Gasteiger partial charge in [0.2, 0.25) is 5.95 Å². The highest BCUT2D eigenvalue weighted by Crippen LogP contribution is 2.19. The number of hydrogen-bond donors (Lipinski definition) is 2. The molecule has 0 saturated heterocycles. The Balaban J connectivity index is 2.04. The zero-order valence-corrected chi connectivity index (χ0v) is 12.8. The van der Waals surface area contributed by atoms with E-state index in [2.05, 4.69) is 20.3 Å². The van der Waals surface area contributed by atoms with Gasteiger partial charge in [-0.1, -0.05) is 17.7 Å². The Morgan fingerprint density at radius 2 is 1.91 bits per heavy atom. The number of imidazole rings is 1. The lowest BCUT2D eigenvalue weighted by Crippen LogP contribution is -2.16. The Morgan fingerprint density at radius 1 is 1.18 bits per heavy atom. The minimum atomic E-state index is -0.269. The molecule has 2 N–H and O–H groups in total. The van der Waals surface area contributed by atoms with E-state index < -0.39 is 0 Å². The van der Waals surface area contributed by atoms with Crippen LogP contribution in [-0.2, 0) is 0 Å². The summed E-state index contributed by atoms with van der Waals surface area (Å²) in [6.07, 6.45) is 1.57. The van der Waals surface area contributed by atoms with Gasteiger partial charge in [-0.25, -0.2) is 19.3 Å². The summed E-state index contributed by atoms with van der Waals surface area (Å²) in [7, 11) is 0. The molecule has 0 spiro atoms. The van der Waals surface area contributed by atoms with Crippen molar-refractivity contribution in [3.63, 3.8) is 0 Å². The van der Waals surface area contributed by atoms with Crippen LogP contribution >= 0.6 is 11.6 Å². The Hall–Kier alpha value is -2.60. The molecule has 0 fully saturated rings. The lowest BCUT2D eigenvalue weighted by Gasteiger charge is -2.09. The Bertz CT molecular complexity index is 863. The van der Waals surface area contributed by atoms with E-state index in [9.17, 15) is 4.79 Å². The second-order valence-electron chi connectivity index (χ2n) is 4.89. The molecule has 2 heterocycles. The fraction of sp³-hybridized carbons (Fsp3) is 0.133. The zero-order chi connectivity index (χ0) is 15.7. The number of halogens is 1. The van der Waals surface area contributed by atoms with E-state index in [4.69, 9.17) is 11.6 Å². The quantitative estimate of drug-likeness (QED) is 0.779. The van der Waals surface area contributed by atoms with Crippen molar-refractivity contribution in [3.8, 4) is 5.69 Å². The number of nitrogens with zero attached hydrogens (tertiary/aromatic N) is 3. The molecule has 22 heavy (non-hydrogen) atoms. The molecule has 0 atom stereocenters. The molecule has 0 unspecified atom stereocenters. The smallest absolute Gasteiger partial charge is 0.310 e. The summed E-state index contributed by atoms with van der Waals surface area (Å²) in [5.41, 5.74) is 2.09. The summed E-state index contributed by atoms with van der Waals surface area (Å²) in [5, 5.41) is 3.61. The predicted molar refractivity (Wildman–Crippen MR) is 86.2 cm³/mol. The maximum atomic E-state index is 12.1. The van der Waals surface area contributed by atoms with Crippen molar-refractivity contribution in [2.45, 2.75) is 13.8 Å². The Labute approximate surface area is 131 Å². The van der Waals surface area contributed by atoms with E-state index in [-0.39, 0.29) is 5.69 Å². The number of rotatable bonds is 3. The maximum Gasteiger partial charge on any atom is 0.331 e. The molecule has 0 aliphatic heterocycles. The number of H-pyrrole nitrogens is 1. The second-order valence-corrected chi connectivity index (χ2v) is 5.33. The monoisotopic (exact) mass is 315 g/mol. The van der Waals surface area contributed by atoms with Crippen molar-refractivity contribution >= 4 is 23.4 Å². The van der Waals surface area contributed by atoms with Crippen LogP contribution in [0.4, 0.5) is 11.8 Å². The fourth-order valence-corrected chi connectivity index (χ4v) is 2.41. The lowest BCUT2D eigenvalue weighted by molar-refractivity contribution is 0.981. The number of aromatic amines is 1. The molecule has 6 nitrogen and oxygen atoms in total. The Kier molecular flexibility index (Phi) is 3.68. The Morgan fingerprint density at radius 3 is 2.59 bits per heavy atom. The van der Waals surface area contributed by atoms with E-state index >= 15 is 0 Å². The molecule has 3 aromatic rings. The summed E-state index contributed by atoms with van der Waals surface area (Å²) in [6.45, 7) is 3.78. The molecule has 0 aliphatic carbocycles. The van der Waals surface area contributed by atoms with Gasteiger partial charge in [-0.15, -0.1) is 0 Å². The molecule has 112 valence electrons. The van der Waals surface area contributed by atoms with Crippen molar-refractivity contribution in [1.82, 2.24) is 19.5 Å². The van der Waals surface area contributed by atoms with Gasteiger partial charge < -0.3 is 10.3 Å². The number of anilines is 2. The summed E-state index contributed by atoms with van der Waals surface area (Å²) in [4.78, 5) is 23.3. The number of hydrogen-bond acceptors (Lipinski definition) is 4. The summed E-state index contributed by atoms with van der Waals surface area (Å²) in [5.74, 6) is 0.976. The highest BCUT2D eigenvalue weighted by molar-refractivity contribution is 6.30. The highest BCUT2D eigenvalue weighted by Gasteiger charge is 2.10. The van der Waals surface area contributed by atoms with Crippen molar-refractivity contribution < 1.29 is 0 Å². The molecular formula is C15H14ClN5O. The van der Waals surface area contributed by atoms with Crippen LogP contribution in [0.5, 0.6) is 0 Å². The first-order valence-corrected chi connectivity index (χ1v) is 7.06. The van der Waals surface area contributed by atoms with Crippen molar-refractivity contribution in [2.75, 3.05) is 5.32 Å². The lowest BCUT2D eigenvalue weighted by atomic mass is 10.3. The van der Waals surface area contributed by atoms with Crippen LogP contribution in [0.1, 0.15) is 11.4 Å². The van der Waals surface area contributed by atoms with Gasteiger partial charge in [0.25, 0.3) is 0 Å². The molecular weight excluding hydrogens is 302 g/mol. The van der Waals surface area contributed by atoms with Crippen LogP contribution < -0.4 is 11.0 Å². The van der Waals surface area contributed by atoms with E-state index in [1.165, 1.54) is 4.57 Å². The maximum absolute atomic E-state index is 12.1. The largest absolute Gasteiger partial charge is 0.331 e. The number of benzene rings is 1. The molecule has 0 aliphatic rings. The van der Waals surface area contributed by atoms with Crippen molar-refractivity contribution in [2.24, 2.45) is 0 Å². The first-order valence-electron chi connectivity index (χ1n) is 6.68. The van der Waals surface area contributed by atoms with E-state index in [1.807, 2.05) is 19.9 Å². The van der Waals surface area contributed by atoms with Crippen molar-refractivity contribution in [1.29, 1.82) is 0 Å². The van der Waals surface area contributed by atoms with E-state index in [0.29, 0.717) is 22.5 Å². The molecule has 0 bridgehead atoms. The summed E-state index contributed by atoms with van der Waals surface area (Å²) >= 11 is 6.00. The molecule has 0 amide bonds. The van der Waals surface area contributed by atoms with Crippen LogP contribution in [0.25, 0.3) is 5.69 Å². The summed E-state index contributed by atoms with van der Waals surface area (Å²) < 4.78 is 1.48. The average Bonchev–Trinajstić information content (AvgIpc) is 2.78. The third kappa shape index (κ3) is 2.87. The van der Waals surface area contributed by atoms with Crippen LogP contribution in [0.15, 0.2) is 41.3 Å². The van der Waals surface area contributed by atoms with Gasteiger partial charge in [0.05, 0.1) is 5.69 Å². The SMILES string of the molecule is Cc1cc(C)nc(Nc2c[nH]c(=O)n2-c2cccc(Cl)c2)n1. The fourth-order valence-electron chi connectivity index (χ4n) is 2.23. The third-order valence-electron chi connectivity index (χ3n) is 3.06. The van der Waals surface area contributed by atoms with Gasteiger partial charge in [-0.05, 0) is 38.1 Å². The van der Waals surface area contributed by atoms with Crippen LogP contribution in [0.3, 0.4) is 0 Å². The zero-order valence-electron chi connectivity index (χ0n) is 12.1. The normalized spacial score (nSPS) is 10.7. The second kappa shape index (κ2) is 5.65. The van der Waals surface area contributed by atoms with Gasteiger partial charge in [-0.2, -0.15) is 0 Å². The van der Waals surface area contributed by atoms with Gasteiger partial charge in [0, 0.05) is 22.6 Å². The molecule has 0 saturated carbocycles. The first-order chi connectivity index (χ1) is 10.5. The van der Waals surface area contributed by atoms with Crippen LogP contribution in [0.2, 0.25) is 5.02 Å². The van der Waals surface area contributed by atoms with Gasteiger partial charge in [-0.3, -0.25) is 0 Å². The third-order valence-corrected chi connectivity index (χ3v) is 3.30. The molecule has 1 aromatic carbocycles. The van der Waals surface area contributed by atoms with Gasteiger partial charge >= 0.3 is 5.69 Å². The van der Waals surface area contributed by atoms with E-state index in [0.717, 1.165) is 11.4 Å². The van der Waals surface area contributed by atoms with Crippen LogP contribution in [-0.4, -0.2) is 19.5 Å². The minimum absolute atomic E-state index is 0.269. The highest BCUT2D eigenvalue weighted by atomic mass is 35.5. The minimum Gasteiger partial charge on any atom is -0.310 e. The molecule has 0 radical (unpaired) electrons. The number of aromatic nitrogens is 4. The molecule has 3 rings (SSSR count). The molecule has 2 aromatic heterocycles. The molecule has 7 heteroatoms. The van der Waals surface area contributed by atoms with Crippen molar-refractivity contribution in [3.05, 3.63) is 63.4 Å². The number of nitrogens with one attached hydrogen (secondary N) is 2. The average molecular weight is 316 g/mol.